The molecule has 0 radical (unpaired) electrons. The van der Waals surface area contributed by atoms with Gasteiger partial charge in [-0.3, -0.25) is 4.79 Å². The van der Waals surface area contributed by atoms with Crippen LogP contribution in [0.3, 0.4) is 0 Å². The molecule has 0 spiro atoms. The Morgan fingerprint density at radius 2 is 1.59 bits per heavy atom. The molecule has 0 saturated heterocycles. The highest BCUT2D eigenvalue weighted by molar-refractivity contribution is 7.13. The Morgan fingerprint density at radius 1 is 1.00 bits per heavy atom. The molecule has 0 aliphatic carbocycles. The molecule has 0 fully saturated rings. The fourth-order valence-electron chi connectivity index (χ4n) is 2.32. The number of hydrogen-bond acceptors (Lipinski definition) is 3. The van der Waals surface area contributed by atoms with Gasteiger partial charge in [-0.15, -0.1) is 0 Å². The third-order valence-electron chi connectivity index (χ3n) is 3.48. The van der Waals surface area contributed by atoms with E-state index in [1.807, 2.05) is 48.5 Å². The van der Waals surface area contributed by atoms with E-state index in [1.165, 1.54) is 11.3 Å². The number of nitrogens with zero attached hydrogens (tertiary/aromatic N) is 1. The van der Waals surface area contributed by atoms with E-state index in [-0.39, 0.29) is 4.87 Å². The number of thiazole rings is 1. The molecule has 3 aromatic rings. The lowest BCUT2D eigenvalue weighted by Crippen LogP contribution is -2.08. The maximum atomic E-state index is 12.1. The molecule has 0 unspecified atom stereocenters. The number of benzene rings is 2. The molecule has 0 aliphatic rings. The number of ether oxygens (including phenoxy) is 1. The van der Waals surface area contributed by atoms with Crippen molar-refractivity contribution in [1.29, 1.82) is 0 Å². The number of methoxy groups -OCH3 is 1. The van der Waals surface area contributed by atoms with E-state index in [0.29, 0.717) is 5.02 Å². The number of rotatable bonds is 3. The quantitative estimate of drug-likeness (QED) is 0.710. The van der Waals surface area contributed by atoms with Crippen LogP contribution >= 0.6 is 22.9 Å². The zero-order chi connectivity index (χ0) is 15.7. The minimum absolute atomic E-state index is 0.00997. The average molecular weight is 332 g/mol. The first-order valence-electron chi connectivity index (χ1n) is 6.70. The van der Waals surface area contributed by atoms with Gasteiger partial charge in [-0.05, 0) is 47.5 Å². The summed E-state index contributed by atoms with van der Waals surface area (Å²) in [5.41, 5.74) is 2.87. The summed E-state index contributed by atoms with van der Waals surface area (Å²) in [6, 6.07) is 15.2. The fourth-order valence-corrected chi connectivity index (χ4v) is 3.45. The first-order valence-corrected chi connectivity index (χ1v) is 7.90. The van der Waals surface area contributed by atoms with Crippen molar-refractivity contribution in [3.8, 4) is 27.4 Å². The maximum Gasteiger partial charge on any atom is 0.307 e. The lowest BCUT2D eigenvalue weighted by atomic mass is 10.1. The summed E-state index contributed by atoms with van der Waals surface area (Å²) < 4.78 is 6.86. The predicted molar refractivity (Wildman–Crippen MR) is 92.0 cm³/mol. The molecule has 0 bridgehead atoms. The van der Waals surface area contributed by atoms with Crippen LogP contribution in [0.5, 0.6) is 5.75 Å². The zero-order valence-electron chi connectivity index (χ0n) is 12.2. The summed E-state index contributed by atoms with van der Waals surface area (Å²) in [5.74, 6) is 0.789. The number of halogens is 1. The van der Waals surface area contributed by atoms with E-state index in [9.17, 15) is 4.79 Å². The van der Waals surface area contributed by atoms with Gasteiger partial charge in [0.2, 0.25) is 0 Å². The van der Waals surface area contributed by atoms with E-state index >= 15 is 0 Å². The van der Waals surface area contributed by atoms with E-state index < -0.39 is 0 Å². The number of aromatic nitrogens is 1. The van der Waals surface area contributed by atoms with E-state index in [2.05, 4.69) is 0 Å². The highest BCUT2D eigenvalue weighted by Gasteiger charge is 2.16. The molecule has 0 saturated carbocycles. The molecule has 112 valence electrons. The maximum absolute atomic E-state index is 12.1. The van der Waals surface area contributed by atoms with Crippen LogP contribution in [0.2, 0.25) is 5.02 Å². The summed E-state index contributed by atoms with van der Waals surface area (Å²) in [6.07, 6.45) is 0. The summed E-state index contributed by atoms with van der Waals surface area (Å²) in [7, 11) is 3.42. The minimum Gasteiger partial charge on any atom is -0.497 e. The van der Waals surface area contributed by atoms with Crippen LogP contribution in [-0.4, -0.2) is 11.7 Å². The van der Waals surface area contributed by atoms with E-state index in [4.69, 9.17) is 16.3 Å². The van der Waals surface area contributed by atoms with Gasteiger partial charge in [0.15, 0.2) is 0 Å². The van der Waals surface area contributed by atoms with Crippen LogP contribution in [0.15, 0.2) is 53.3 Å². The second-order valence-corrected chi connectivity index (χ2v) is 6.24. The molecule has 0 atom stereocenters. The van der Waals surface area contributed by atoms with Gasteiger partial charge in [-0.1, -0.05) is 35.1 Å². The van der Waals surface area contributed by atoms with Gasteiger partial charge in [0.1, 0.15) is 5.75 Å². The van der Waals surface area contributed by atoms with Crippen molar-refractivity contribution in [2.45, 2.75) is 0 Å². The second kappa shape index (κ2) is 5.99. The van der Waals surface area contributed by atoms with Gasteiger partial charge in [0, 0.05) is 12.1 Å². The average Bonchev–Trinajstić information content (AvgIpc) is 2.84. The van der Waals surface area contributed by atoms with Crippen molar-refractivity contribution in [3.63, 3.8) is 0 Å². The van der Waals surface area contributed by atoms with Gasteiger partial charge >= 0.3 is 4.87 Å². The summed E-state index contributed by atoms with van der Waals surface area (Å²) in [4.78, 5) is 13.1. The molecule has 5 heteroatoms. The Morgan fingerprint density at radius 3 is 2.18 bits per heavy atom. The van der Waals surface area contributed by atoms with Gasteiger partial charge in [0.05, 0.1) is 17.7 Å². The highest BCUT2D eigenvalue weighted by atomic mass is 35.5. The molecule has 0 aliphatic heterocycles. The van der Waals surface area contributed by atoms with Crippen molar-refractivity contribution in [3.05, 3.63) is 63.2 Å². The smallest absolute Gasteiger partial charge is 0.307 e. The van der Waals surface area contributed by atoms with Crippen molar-refractivity contribution < 1.29 is 4.74 Å². The van der Waals surface area contributed by atoms with Crippen LogP contribution in [0.4, 0.5) is 0 Å². The Kier molecular flexibility index (Phi) is 4.05. The van der Waals surface area contributed by atoms with E-state index in [0.717, 1.165) is 27.4 Å². The van der Waals surface area contributed by atoms with Crippen LogP contribution < -0.4 is 9.61 Å². The van der Waals surface area contributed by atoms with Gasteiger partial charge in [0.25, 0.3) is 0 Å². The molecule has 0 N–H and O–H groups in total. The van der Waals surface area contributed by atoms with Gasteiger partial charge < -0.3 is 9.30 Å². The molecule has 1 aromatic heterocycles. The molecular weight excluding hydrogens is 318 g/mol. The first-order chi connectivity index (χ1) is 10.6. The molecule has 2 aromatic carbocycles. The Bertz CT molecular complexity index is 848. The van der Waals surface area contributed by atoms with Crippen LogP contribution in [0.25, 0.3) is 21.7 Å². The van der Waals surface area contributed by atoms with Crippen LogP contribution in [0.1, 0.15) is 0 Å². The summed E-state index contributed by atoms with van der Waals surface area (Å²) in [5, 5.41) is 0.679. The zero-order valence-corrected chi connectivity index (χ0v) is 13.7. The normalized spacial score (nSPS) is 10.7. The third-order valence-corrected chi connectivity index (χ3v) is 4.82. The molecule has 22 heavy (non-hydrogen) atoms. The molecule has 3 rings (SSSR count). The molecule has 3 nitrogen and oxygen atoms in total. The standard InChI is InChI=1S/C17H14ClNO2S/c1-19-15(11-5-9-14(21-2)10-6-11)16(22-17(19)20)12-3-7-13(18)8-4-12/h3-10H,1-2H3. The topological polar surface area (TPSA) is 31.2 Å². The Hall–Kier alpha value is -2.04. The first kappa shape index (κ1) is 14.9. The highest BCUT2D eigenvalue weighted by Crippen LogP contribution is 2.35. The fraction of sp³-hybridized carbons (Fsp3) is 0.118. The van der Waals surface area contributed by atoms with Gasteiger partial charge in [-0.2, -0.15) is 0 Å². The van der Waals surface area contributed by atoms with Crippen molar-refractivity contribution in [2.75, 3.05) is 7.11 Å². The van der Waals surface area contributed by atoms with E-state index in [1.54, 1.807) is 18.7 Å². The van der Waals surface area contributed by atoms with Crippen molar-refractivity contribution in [2.24, 2.45) is 7.05 Å². The second-order valence-electron chi connectivity index (χ2n) is 4.84. The lowest BCUT2D eigenvalue weighted by molar-refractivity contribution is 0.415. The molecule has 1 heterocycles. The molecule has 0 amide bonds. The van der Waals surface area contributed by atoms with Crippen molar-refractivity contribution in [1.82, 2.24) is 4.57 Å². The van der Waals surface area contributed by atoms with Crippen LogP contribution in [0, 0.1) is 0 Å². The number of hydrogen-bond donors (Lipinski definition) is 0. The Balaban J connectivity index is 2.17. The van der Waals surface area contributed by atoms with Gasteiger partial charge in [-0.25, -0.2) is 0 Å². The monoisotopic (exact) mass is 331 g/mol. The lowest BCUT2D eigenvalue weighted by Gasteiger charge is -2.08. The molecular formula is C17H14ClNO2S. The van der Waals surface area contributed by atoms with Crippen molar-refractivity contribution >= 4 is 22.9 Å². The predicted octanol–water partition coefficient (Wildman–Crippen LogP) is 4.44. The SMILES string of the molecule is COc1ccc(-c2c(-c3ccc(Cl)cc3)sc(=O)n2C)cc1. The Labute approximate surface area is 137 Å². The summed E-state index contributed by atoms with van der Waals surface area (Å²) in [6.45, 7) is 0. The van der Waals surface area contributed by atoms with Crippen LogP contribution in [-0.2, 0) is 7.05 Å². The summed E-state index contributed by atoms with van der Waals surface area (Å²) >= 11 is 7.19. The largest absolute Gasteiger partial charge is 0.497 e. The third kappa shape index (κ3) is 2.67. The minimum atomic E-state index is 0.00997.